The smallest absolute Gasteiger partial charge is 0.234 e. The van der Waals surface area contributed by atoms with Crippen LogP contribution in [0.1, 0.15) is 42.9 Å². The van der Waals surface area contributed by atoms with Crippen LogP contribution in [0.15, 0.2) is 48.8 Å². The molecule has 1 fully saturated rings. The van der Waals surface area contributed by atoms with Gasteiger partial charge >= 0.3 is 0 Å². The number of rotatable bonds is 5. The average Bonchev–Trinajstić information content (AvgIpc) is 2.90. The maximum Gasteiger partial charge on any atom is 0.234 e. The van der Waals surface area contributed by atoms with Gasteiger partial charge in [0.05, 0.1) is 12.6 Å². The Morgan fingerprint density at radius 1 is 1.08 bits per heavy atom. The summed E-state index contributed by atoms with van der Waals surface area (Å²) in [5.41, 5.74) is 1.97. The normalized spacial score (nSPS) is 16.8. The maximum atomic E-state index is 12.6. The number of likely N-dealkylation sites (tertiary alicyclic amines) is 1. The molecule has 1 N–H and O–H groups in total. The Morgan fingerprint density at radius 2 is 1.80 bits per heavy atom. The number of hydrogen-bond acceptors (Lipinski definition) is 3. The number of amides is 1. The molecule has 5 heteroatoms. The molecule has 2 aromatic rings. The van der Waals surface area contributed by atoms with E-state index in [-0.39, 0.29) is 11.9 Å². The Labute approximate surface area is 154 Å². The summed E-state index contributed by atoms with van der Waals surface area (Å²) in [7, 11) is 0. The fourth-order valence-corrected chi connectivity index (χ4v) is 3.39. The first-order valence-corrected chi connectivity index (χ1v) is 9.27. The van der Waals surface area contributed by atoms with E-state index >= 15 is 0 Å². The Bertz CT molecular complexity index is 667. The Hall–Kier alpha value is -1.91. The van der Waals surface area contributed by atoms with Gasteiger partial charge in [-0.2, -0.15) is 0 Å². The van der Waals surface area contributed by atoms with E-state index < -0.39 is 0 Å². The molecular weight excluding hydrogens is 334 g/mol. The SMILES string of the molecule is O=C(CN1CCCCCC1)N[C@H](c1ccc(Cl)cc1)c1cccnc1. The van der Waals surface area contributed by atoms with E-state index in [4.69, 9.17) is 11.6 Å². The first-order valence-electron chi connectivity index (χ1n) is 8.89. The van der Waals surface area contributed by atoms with Crippen LogP contribution in [0.5, 0.6) is 0 Å². The molecule has 1 aliphatic rings. The summed E-state index contributed by atoms with van der Waals surface area (Å²) >= 11 is 6.01. The second-order valence-electron chi connectivity index (χ2n) is 6.53. The minimum absolute atomic E-state index is 0.0469. The van der Waals surface area contributed by atoms with Gasteiger partial charge in [0.2, 0.25) is 5.91 Å². The lowest BCUT2D eigenvalue weighted by Gasteiger charge is -2.23. The van der Waals surface area contributed by atoms with Crippen LogP contribution in [-0.4, -0.2) is 35.4 Å². The van der Waals surface area contributed by atoms with Crippen molar-refractivity contribution in [3.63, 3.8) is 0 Å². The third-order valence-corrected chi connectivity index (χ3v) is 4.84. The molecule has 0 bridgehead atoms. The zero-order valence-electron chi connectivity index (χ0n) is 14.3. The van der Waals surface area contributed by atoms with E-state index in [0.717, 1.165) is 24.2 Å². The highest BCUT2D eigenvalue weighted by Gasteiger charge is 2.19. The van der Waals surface area contributed by atoms with Crippen molar-refractivity contribution in [1.29, 1.82) is 0 Å². The van der Waals surface area contributed by atoms with E-state index in [0.29, 0.717) is 11.6 Å². The number of carbonyl (C=O) groups is 1. The quantitative estimate of drug-likeness (QED) is 0.884. The van der Waals surface area contributed by atoms with Gasteiger partial charge in [0.15, 0.2) is 0 Å². The zero-order chi connectivity index (χ0) is 17.5. The molecule has 2 heterocycles. The molecule has 25 heavy (non-hydrogen) atoms. The van der Waals surface area contributed by atoms with Crippen LogP contribution in [0.2, 0.25) is 5.02 Å². The van der Waals surface area contributed by atoms with Crippen LogP contribution in [0, 0.1) is 0 Å². The number of carbonyl (C=O) groups excluding carboxylic acids is 1. The van der Waals surface area contributed by atoms with Crippen molar-refractivity contribution >= 4 is 17.5 Å². The maximum absolute atomic E-state index is 12.6. The number of benzene rings is 1. The number of hydrogen-bond donors (Lipinski definition) is 1. The fourth-order valence-electron chi connectivity index (χ4n) is 3.27. The molecule has 1 aromatic heterocycles. The van der Waals surface area contributed by atoms with Crippen molar-refractivity contribution in [3.8, 4) is 0 Å². The molecule has 0 spiro atoms. The van der Waals surface area contributed by atoms with Crippen LogP contribution in [-0.2, 0) is 4.79 Å². The third kappa shape index (κ3) is 5.28. The topological polar surface area (TPSA) is 45.2 Å². The van der Waals surface area contributed by atoms with Crippen LogP contribution >= 0.6 is 11.6 Å². The largest absolute Gasteiger partial charge is 0.344 e. The monoisotopic (exact) mass is 357 g/mol. The predicted molar refractivity (Wildman–Crippen MR) is 101 cm³/mol. The minimum Gasteiger partial charge on any atom is -0.344 e. The molecule has 1 aliphatic heterocycles. The number of nitrogens with one attached hydrogen (secondary N) is 1. The third-order valence-electron chi connectivity index (χ3n) is 4.59. The molecule has 0 unspecified atom stereocenters. The molecule has 1 saturated heterocycles. The number of pyridine rings is 1. The summed E-state index contributed by atoms with van der Waals surface area (Å²) in [6.07, 6.45) is 8.42. The highest BCUT2D eigenvalue weighted by molar-refractivity contribution is 6.30. The summed E-state index contributed by atoms with van der Waals surface area (Å²) in [6, 6.07) is 11.3. The zero-order valence-corrected chi connectivity index (χ0v) is 15.1. The van der Waals surface area contributed by atoms with E-state index in [9.17, 15) is 4.79 Å². The van der Waals surface area contributed by atoms with Gasteiger partial charge in [-0.15, -0.1) is 0 Å². The second-order valence-corrected chi connectivity index (χ2v) is 6.97. The summed E-state index contributed by atoms with van der Waals surface area (Å²) in [5.74, 6) is 0.0469. The van der Waals surface area contributed by atoms with Gasteiger partial charge in [-0.3, -0.25) is 14.7 Å². The Balaban J connectivity index is 1.73. The van der Waals surface area contributed by atoms with Crippen molar-refractivity contribution in [2.45, 2.75) is 31.7 Å². The number of halogens is 1. The van der Waals surface area contributed by atoms with Crippen molar-refractivity contribution < 1.29 is 4.79 Å². The van der Waals surface area contributed by atoms with E-state index in [1.54, 1.807) is 12.4 Å². The Morgan fingerprint density at radius 3 is 2.44 bits per heavy atom. The predicted octanol–water partition coefficient (Wildman–Crippen LogP) is 3.82. The fraction of sp³-hybridized carbons (Fsp3) is 0.400. The van der Waals surface area contributed by atoms with E-state index in [2.05, 4.69) is 15.2 Å². The second kappa shape index (κ2) is 8.97. The number of nitrogens with zero attached hydrogens (tertiary/aromatic N) is 2. The molecule has 3 rings (SSSR count). The molecule has 1 aromatic carbocycles. The van der Waals surface area contributed by atoms with E-state index in [1.807, 2.05) is 36.4 Å². The summed E-state index contributed by atoms with van der Waals surface area (Å²) in [4.78, 5) is 19.1. The average molecular weight is 358 g/mol. The molecule has 4 nitrogen and oxygen atoms in total. The number of aromatic nitrogens is 1. The Kier molecular flexibility index (Phi) is 6.42. The lowest BCUT2D eigenvalue weighted by Crippen LogP contribution is -2.39. The molecule has 0 radical (unpaired) electrons. The van der Waals surface area contributed by atoms with Crippen molar-refractivity contribution in [3.05, 3.63) is 64.9 Å². The van der Waals surface area contributed by atoms with Crippen molar-refractivity contribution in [2.24, 2.45) is 0 Å². The molecule has 132 valence electrons. The first-order chi connectivity index (χ1) is 12.2. The lowest BCUT2D eigenvalue weighted by atomic mass is 10.00. The van der Waals surface area contributed by atoms with Gasteiger partial charge in [-0.1, -0.05) is 42.6 Å². The van der Waals surface area contributed by atoms with Crippen LogP contribution in [0.4, 0.5) is 0 Å². The molecule has 1 amide bonds. The van der Waals surface area contributed by atoms with Crippen LogP contribution in [0.25, 0.3) is 0 Å². The summed E-state index contributed by atoms with van der Waals surface area (Å²) < 4.78 is 0. The minimum atomic E-state index is -0.217. The summed E-state index contributed by atoms with van der Waals surface area (Å²) in [5, 5.41) is 3.86. The van der Waals surface area contributed by atoms with E-state index in [1.165, 1.54) is 25.7 Å². The molecule has 1 atom stereocenters. The van der Waals surface area contributed by atoms with Gasteiger partial charge in [0.1, 0.15) is 0 Å². The molecular formula is C20H24ClN3O. The lowest BCUT2D eigenvalue weighted by molar-refractivity contribution is -0.122. The first kappa shape index (κ1) is 17.9. The van der Waals surface area contributed by atoms with Gasteiger partial charge < -0.3 is 5.32 Å². The van der Waals surface area contributed by atoms with Crippen molar-refractivity contribution in [1.82, 2.24) is 15.2 Å². The van der Waals surface area contributed by atoms with Gasteiger partial charge in [-0.25, -0.2) is 0 Å². The molecule has 0 aliphatic carbocycles. The highest BCUT2D eigenvalue weighted by atomic mass is 35.5. The van der Waals surface area contributed by atoms with Crippen LogP contribution < -0.4 is 5.32 Å². The molecule has 0 saturated carbocycles. The van der Waals surface area contributed by atoms with Gasteiger partial charge in [0.25, 0.3) is 0 Å². The van der Waals surface area contributed by atoms with Gasteiger partial charge in [-0.05, 0) is 55.3 Å². The van der Waals surface area contributed by atoms with Crippen LogP contribution in [0.3, 0.4) is 0 Å². The highest BCUT2D eigenvalue weighted by Crippen LogP contribution is 2.23. The standard InChI is InChI=1S/C20H24ClN3O/c21-18-9-7-16(8-10-18)20(17-6-5-11-22-14-17)23-19(25)15-24-12-3-1-2-4-13-24/h5-11,14,20H,1-4,12-13,15H2,(H,23,25)/t20-/m1/s1. The van der Waals surface area contributed by atoms with Gasteiger partial charge in [0, 0.05) is 17.4 Å². The summed E-state index contributed by atoms with van der Waals surface area (Å²) in [6.45, 7) is 2.46. The van der Waals surface area contributed by atoms with Crippen molar-refractivity contribution in [2.75, 3.05) is 19.6 Å².